The van der Waals surface area contributed by atoms with Crippen LogP contribution in [-0.2, 0) is 18.4 Å². The van der Waals surface area contributed by atoms with Gasteiger partial charge in [-0.3, -0.25) is 4.79 Å². The van der Waals surface area contributed by atoms with Gasteiger partial charge in [-0.1, -0.05) is 48.5 Å². The van der Waals surface area contributed by atoms with Crippen LogP contribution >= 0.6 is 0 Å². The number of fused-ring (bicyclic) bond motifs is 1. The first-order valence-corrected chi connectivity index (χ1v) is 8.40. The summed E-state index contributed by atoms with van der Waals surface area (Å²) in [5.74, 6) is 0.145. The summed E-state index contributed by atoms with van der Waals surface area (Å²) in [5.41, 5.74) is 5.37. The molecule has 4 rings (SSSR count). The average molecular weight is 359 g/mol. The number of para-hydroxylation sites is 1. The minimum absolute atomic E-state index is 0.0628. The maximum atomic E-state index is 12.1. The van der Waals surface area contributed by atoms with Gasteiger partial charge in [0.2, 0.25) is 5.82 Å². The normalized spacial score (nSPS) is 11.3. The summed E-state index contributed by atoms with van der Waals surface area (Å²) in [6, 6.07) is 17.5. The summed E-state index contributed by atoms with van der Waals surface area (Å²) in [7, 11) is 1.97. The first-order valence-electron chi connectivity index (χ1n) is 8.40. The van der Waals surface area contributed by atoms with Crippen molar-refractivity contribution >= 4 is 23.0 Å². The lowest BCUT2D eigenvalue weighted by molar-refractivity contribution is -0.122. The average Bonchev–Trinajstić information content (AvgIpc) is 3.28. The third kappa shape index (κ3) is 3.59. The Kier molecular flexibility index (Phi) is 4.44. The van der Waals surface area contributed by atoms with Crippen molar-refractivity contribution in [1.29, 1.82) is 0 Å². The van der Waals surface area contributed by atoms with E-state index in [9.17, 15) is 4.79 Å². The predicted octanol–water partition coefficient (Wildman–Crippen LogP) is 1.98. The number of aryl methyl sites for hydroxylation is 1. The van der Waals surface area contributed by atoms with Crippen LogP contribution in [0.4, 0.5) is 0 Å². The highest BCUT2D eigenvalue weighted by Gasteiger charge is 2.09. The first kappa shape index (κ1) is 16.6. The van der Waals surface area contributed by atoms with Crippen molar-refractivity contribution in [3.63, 3.8) is 0 Å². The third-order valence-electron chi connectivity index (χ3n) is 4.09. The molecule has 4 aromatic rings. The fourth-order valence-electron chi connectivity index (χ4n) is 2.83. The van der Waals surface area contributed by atoms with E-state index in [4.69, 9.17) is 0 Å². The molecule has 0 spiro atoms. The van der Waals surface area contributed by atoms with Gasteiger partial charge in [0.1, 0.15) is 6.54 Å². The SMILES string of the molecule is Cn1cc(/C=N/NC(=O)Cn2nnc(-c3ccccc3)n2)c2ccccc21. The predicted molar refractivity (Wildman–Crippen MR) is 102 cm³/mol. The van der Waals surface area contributed by atoms with Crippen LogP contribution in [0, 0.1) is 0 Å². The van der Waals surface area contributed by atoms with Gasteiger partial charge in [0.25, 0.3) is 5.91 Å². The van der Waals surface area contributed by atoms with Gasteiger partial charge in [-0.15, -0.1) is 10.2 Å². The van der Waals surface area contributed by atoms with E-state index in [1.54, 1.807) is 6.21 Å². The van der Waals surface area contributed by atoms with E-state index < -0.39 is 0 Å². The molecular weight excluding hydrogens is 342 g/mol. The van der Waals surface area contributed by atoms with Gasteiger partial charge in [-0.05, 0) is 11.3 Å². The zero-order valence-corrected chi connectivity index (χ0v) is 14.6. The number of hydrogen-bond acceptors (Lipinski definition) is 5. The Hall–Kier alpha value is -3.81. The molecule has 0 saturated heterocycles. The first-order chi connectivity index (χ1) is 13.2. The minimum atomic E-state index is -0.330. The molecule has 2 aromatic carbocycles. The van der Waals surface area contributed by atoms with Crippen LogP contribution in [0.15, 0.2) is 65.9 Å². The summed E-state index contributed by atoms with van der Waals surface area (Å²) >= 11 is 0. The molecule has 8 heteroatoms. The molecule has 0 aliphatic carbocycles. The van der Waals surface area contributed by atoms with Gasteiger partial charge < -0.3 is 4.57 Å². The molecule has 0 atom stereocenters. The van der Waals surface area contributed by atoms with Gasteiger partial charge in [-0.2, -0.15) is 9.90 Å². The number of nitrogens with one attached hydrogen (secondary N) is 1. The van der Waals surface area contributed by atoms with Gasteiger partial charge in [-0.25, -0.2) is 5.43 Å². The van der Waals surface area contributed by atoms with E-state index in [0.29, 0.717) is 5.82 Å². The van der Waals surface area contributed by atoms with E-state index >= 15 is 0 Å². The molecule has 0 unspecified atom stereocenters. The maximum absolute atomic E-state index is 12.1. The number of tetrazole rings is 1. The van der Waals surface area contributed by atoms with Gasteiger partial charge in [0, 0.05) is 35.3 Å². The van der Waals surface area contributed by atoms with Crippen molar-refractivity contribution in [3.05, 3.63) is 66.4 Å². The molecule has 1 amide bonds. The molecule has 2 aromatic heterocycles. The zero-order valence-electron chi connectivity index (χ0n) is 14.6. The van der Waals surface area contributed by atoms with Crippen molar-refractivity contribution in [1.82, 2.24) is 30.2 Å². The number of carbonyl (C=O) groups is 1. The Morgan fingerprint density at radius 1 is 1.15 bits per heavy atom. The lowest BCUT2D eigenvalue weighted by Crippen LogP contribution is -2.24. The monoisotopic (exact) mass is 359 g/mol. The Balaban J connectivity index is 1.40. The van der Waals surface area contributed by atoms with Crippen molar-refractivity contribution in [2.75, 3.05) is 0 Å². The van der Waals surface area contributed by atoms with E-state index in [-0.39, 0.29) is 12.5 Å². The van der Waals surface area contributed by atoms with Gasteiger partial charge in [0.15, 0.2) is 0 Å². The number of hydrogen-bond donors (Lipinski definition) is 1. The molecule has 8 nitrogen and oxygen atoms in total. The third-order valence-corrected chi connectivity index (χ3v) is 4.09. The summed E-state index contributed by atoms with van der Waals surface area (Å²) in [6.07, 6.45) is 3.59. The maximum Gasteiger partial charge on any atom is 0.263 e. The fraction of sp³-hybridized carbons (Fsp3) is 0.105. The van der Waals surface area contributed by atoms with Crippen molar-refractivity contribution in [2.45, 2.75) is 6.54 Å². The largest absolute Gasteiger partial charge is 0.350 e. The highest BCUT2D eigenvalue weighted by atomic mass is 16.2. The fourth-order valence-corrected chi connectivity index (χ4v) is 2.83. The Morgan fingerprint density at radius 2 is 1.93 bits per heavy atom. The number of hydrazone groups is 1. The smallest absolute Gasteiger partial charge is 0.263 e. The van der Waals surface area contributed by atoms with Gasteiger partial charge >= 0.3 is 0 Å². The second-order valence-electron chi connectivity index (χ2n) is 6.02. The molecule has 0 bridgehead atoms. The zero-order chi connectivity index (χ0) is 18.6. The van der Waals surface area contributed by atoms with Crippen LogP contribution in [0.5, 0.6) is 0 Å². The van der Waals surface area contributed by atoms with E-state index in [1.165, 1.54) is 4.80 Å². The topological polar surface area (TPSA) is 90.0 Å². The quantitative estimate of drug-likeness (QED) is 0.436. The van der Waals surface area contributed by atoms with Gasteiger partial charge in [0.05, 0.1) is 6.21 Å². The summed E-state index contributed by atoms with van der Waals surface area (Å²) in [4.78, 5) is 13.3. The van der Waals surface area contributed by atoms with Crippen LogP contribution in [-0.4, -0.2) is 36.9 Å². The highest BCUT2D eigenvalue weighted by molar-refractivity contribution is 5.99. The number of nitrogens with zero attached hydrogens (tertiary/aromatic N) is 6. The van der Waals surface area contributed by atoms with Crippen LogP contribution in [0.3, 0.4) is 0 Å². The lowest BCUT2D eigenvalue weighted by atomic mass is 10.2. The molecule has 134 valence electrons. The van der Waals surface area contributed by atoms with Crippen molar-refractivity contribution in [3.8, 4) is 11.4 Å². The minimum Gasteiger partial charge on any atom is -0.350 e. The lowest BCUT2D eigenvalue weighted by Gasteiger charge is -1.98. The number of benzene rings is 2. The van der Waals surface area contributed by atoms with Crippen LogP contribution < -0.4 is 5.43 Å². The van der Waals surface area contributed by atoms with E-state index in [0.717, 1.165) is 22.0 Å². The Morgan fingerprint density at radius 3 is 2.78 bits per heavy atom. The standard InChI is InChI=1S/C19H17N7O/c1-25-12-15(16-9-5-6-10-17(16)25)11-20-21-18(27)13-26-23-19(22-24-26)14-7-3-2-4-8-14/h2-12H,13H2,1H3,(H,21,27)/b20-11+. The molecule has 0 aliphatic rings. The van der Waals surface area contributed by atoms with Crippen LogP contribution in [0.1, 0.15) is 5.56 Å². The number of rotatable bonds is 5. The summed E-state index contributed by atoms with van der Waals surface area (Å²) in [6.45, 7) is -0.0628. The number of aromatic nitrogens is 5. The molecule has 1 N–H and O–H groups in total. The molecule has 0 fully saturated rings. The Labute approximate surface area is 155 Å². The molecule has 27 heavy (non-hydrogen) atoms. The summed E-state index contributed by atoms with van der Waals surface area (Å²) < 4.78 is 2.02. The molecule has 2 heterocycles. The molecule has 0 saturated carbocycles. The second kappa shape index (κ2) is 7.20. The molecule has 0 radical (unpaired) electrons. The van der Waals surface area contributed by atoms with E-state index in [1.807, 2.05) is 72.4 Å². The van der Waals surface area contributed by atoms with Crippen LogP contribution in [0.2, 0.25) is 0 Å². The van der Waals surface area contributed by atoms with Crippen LogP contribution in [0.25, 0.3) is 22.3 Å². The number of amides is 1. The highest BCUT2D eigenvalue weighted by Crippen LogP contribution is 2.18. The van der Waals surface area contributed by atoms with Crippen molar-refractivity contribution in [2.24, 2.45) is 12.1 Å². The second-order valence-corrected chi connectivity index (χ2v) is 6.02. The molecule has 0 aliphatic heterocycles. The van der Waals surface area contributed by atoms with Crippen molar-refractivity contribution < 1.29 is 4.79 Å². The number of carbonyl (C=O) groups excluding carboxylic acids is 1. The molecular formula is C19H17N7O. The van der Waals surface area contributed by atoms with E-state index in [2.05, 4.69) is 25.9 Å². The summed E-state index contributed by atoms with van der Waals surface area (Å²) in [5, 5.41) is 17.2. The Bertz CT molecular complexity index is 1110.